The second-order valence-electron chi connectivity index (χ2n) is 9.86. The minimum Gasteiger partial charge on any atom is -0.329 e. The zero-order chi connectivity index (χ0) is 24.4. The number of aryl methyl sites for hydroxylation is 1. The number of rotatable bonds is 5. The Morgan fingerprint density at radius 2 is 1.94 bits per heavy atom. The zero-order valence-corrected chi connectivity index (χ0v) is 21.0. The van der Waals surface area contributed by atoms with Gasteiger partial charge < -0.3 is 4.90 Å². The van der Waals surface area contributed by atoms with E-state index in [1.807, 2.05) is 24.4 Å². The van der Waals surface area contributed by atoms with Crippen molar-refractivity contribution in [1.82, 2.24) is 23.9 Å². The highest BCUT2D eigenvalue weighted by molar-refractivity contribution is 7.90. The molecule has 0 unspecified atom stereocenters. The topological polar surface area (TPSA) is 83.7 Å². The van der Waals surface area contributed by atoms with Gasteiger partial charge >= 0.3 is 0 Å². The number of hydrogen-bond acceptors (Lipinski definition) is 6. The lowest BCUT2D eigenvalue weighted by Gasteiger charge is -2.29. The molecule has 0 spiro atoms. The SMILES string of the molecule is Cc1ccc2c(N(C)c3cccc(C4=CCN(S(=O)(=O)C5(C)CC5)CC4)c3)nc3nncn3c2c1. The van der Waals surface area contributed by atoms with Crippen molar-refractivity contribution in [2.75, 3.05) is 25.0 Å². The van der Waals surface area contributed by atoms with Gasteiger partial charge in [-0.3, -0.25) is 4.40 Å². The average Bonchev–Trinajstić information content (AvgIpc) is 3.45. The summed E-state index contributed by atoms with van der Waals surface area (Å²) in [6.45, 7) is 4.89. The molecule has 0 radical (unpaired) electrons. The van der Waals surface area contributed by atoms with E-state index in [1.165, 1.54) is 5.57 Å². The number of anilines is 2. The lowest BCUT2D eigenvalue weighted by molar-refractivity contribution is 0.431. The van der Waals surface area contributed by atoms with Crippen LogP contribution in [-0.2, 0) is 10.0 Å². The van der Waals surface area contributed by atoms with Crippen molar-refractivity contribution >= 4 is 43.8 Å². The molecule has 1 fully saturated rings. The van der Waals surface area contributed by atoms with Crippen LogP contribution < -0.4 is 4.90 Å². The van der Waals surface area contributed by atoms with Crippen LogP contribution in [0, 0.1) is 6.92 Å². The molecule has 3 heterocycles. The van der Waals surface area contributed by atoms with E-state index in [2.05, 4.69) is 64.5 Å². The predicted molar refractivity (Wildman–Crippen MR) is 138 cm³/mol. The Labute approximate surface area is 205 Å². The Bertz CT molecular complexity index is 1600. The number of fused-ring (bicyclic) bond motifs is 3. The van der Waals surface area contributed by atoms with Crippen LogP contribution >= 0.6 is 0 Å². The van der Waals surface area contributed by atoms with Crippen LogP contribution in [0.2, 0.25) is 0 Å². The van der Waals surface area contributed by atoms with Crippen molar-refractivity contribution < 1.29 is 8.42 Å². The molecule has 0 amide bonds. The number of hydrogen-bond donors (Lipinski definition) is 0. The van der Waals surface area contributed by atoms with Gasteiger partial charge in [-0.1, -0.05) is 24.3 Å². The molecule has 1 saturated carbocycles. The summed E-state index contributed by atoms with van der Waals surface area (Å²) in [6.07, 6.45) is 5.98. The van der Waals surface area contributed by atoms with Gasteiger partial charge in [-0.2, -0.15) is 9.29 Å². The van der Waals surface area contributed by atoms with Crippen LogP contribution in [0.25, 0.3) is 22.3 Å². The summed E-state index contributed by atoms with van der Waals surface area (Å²) in [7, 11) is -1.22. The second kappa shape index (κ2) is 7.86. The Morgan fingerprint density at radius 1 is 1.11 bits per heavy atom. The summed E-state index contributed by atoms with van der Waals surface area (Å²) in [6, 6.07) is 14.6. The van der Waals surface area contributed by atoms with Gasteiger partial charge in [0.25, 0.3) is 5.78 Å². The van der Waals surface area contributed by atoms with Crippen molar-refractivity contribution in [2.24, 2.45) is 0 Å². The largest absolute Gasteiger partial charge is 0.329 e. The highest BCUT2D eigenvalue weighted by Crippen LogP contribution is 2.45. The highest BCUT2D eigenvalue weighted by atomic mass is 32.2. The average molecular weight is 489 g/mol. The van der Waals surface area contributed by atoms with Crippen LogP contribution in [0.4, 0.5) is 11.5 Å². The van der Waals surface area contributed by atoms with Crippen molar-refractivity contribution in [2.45, 2.75) is 37.9 Å². The van der Waals surface area contributed by atoms with E-state index in [9.17, 15) is 8.42 Å². The fourth-order valence-electron chi connectivity index (χ4n) is 4.83. The minimum atomic E-state index is -3.23. The van der Waals surface area contributed by atoms with E-state index in [-0.39, 0.29) is 0 Å². The molecule has 4 aromatic rings. The Hall–Kier alpha value is -3.30. The molecule has 2 aromatic carbocycles. The van der Waals surface area contributed by atoms with Crippen molar-refractivity contribution in [3.05, 3.63) is 66.0 Å². The lowest BCUT2D eigenvalue weighted by atomic mass is 9.99. The van der Waals surface area contributed by atoms with Crippen molar-refractivity contribution in [1.29, 1.82) is 0 Å². The van der Waals surface area contributed by atoms with Crippen LogP contribution in [0.3, 0.4) is 0 Å². The standard InChI is InChI=1S/C26H28N6O2S/c1-18-7-8-22-23(15-18)32-17-27-29-25(32)28-24(22)30(3)21-6-4-5-20(16-21)19-9-13-31(14-10-19)35(33,34)26(2)11-12-26/h4-9,15-17H,10-14H2,1-3H3. The molecular weight excluding hydrogens is 460 g/mol. The van der Waals surface area contributed by atoms with Gasteiger partial charge in [0.05, 0.1) is 10.3 Å². The lowest BCUT2D eigenvalue weighted by Crippen LogP contribution is -2.41. The molecule has 0 saturated heterocycles. The van der Waals surface area contributed by atoms with Crippen LogP contribution in [-0.4, -0.2) is 57.2 Å². The number of benzene rings is 2. The van der Waals surface area contributed by atoms with E-state index in [4.69, 9.17) is 4.98 Å². The molecule has 2 aliphatic rings. The fourth-order valence-corrected chi connectivity index (χ4v) is 6.67. The van der Waals surface area contributed by atoms with Crippen LogP contribution in [0.15, 0.2) is 54.9 Å². The highest BCUT2D eigenvalue weighted by Gasteiger charge is 2.52. The molecule has 6 rings (SSSR count). The van der Waals surface area contributed by atoms with Gasteiger partial charge in [-0.05, 0) is 74.1 Å². The Morgan fingerprint density at radius 3 is 2.69 bits per heavy atom. The summed E-state index contributed by atoms with van der Waals surface area (Å²) in [5.41, 5.74) is 5.45. The third-order valence-corrected chi connectivity index (χ3v) is 10.1. The van der Waals surface area contributed by atoms with Gasteiger partial charge in [0.15, 0.2) is 0 Å². The normalized spacial score (nSPS) is 18.1. The van der Waals surface area contributed by atoms with Gasteiger partial charge in [0.1, 0.15) is 12.1 Å². The Kier molecular flexibility index (Phi) is 4.98. The monoisotopic (exact) mass is 488 g/mol. The molecule has 35 heavy (non-hydrogen) atoms. The molecular formula is C26H28N6O2S. The van der Waals surface area contributed by atoms with Crippen LogP contribution in [0.5, 0.6) is 0 Å². The first-order chi connectivity index (χ1) is 16.8. The maximum Gasteiger partial charge on any atom is 0.257 e. The molecule has 9 heteroatoms. The van der Waals surface area contributed by atoms with Gasteiger partial charge in [0.2, 0.25) is 10.0 Å². The summed E-state index contributed by atoms with van der Waals surface area (Å²) in [5, 5.41) is 9.25. The summed E-state index contributed by atoms with van der Waals surface area (Å²) in [5.74, 6) is 1.37. The molecule has 8 nitrogen and oxygen atoms in total. The predicted octanol–water partition coefficient (Wildman–Crippen LogP) is 4.33. The van der Waals surface area contributed by atoms with Gasteiger partial charge in [-0.15, -0.1) is 10.2 Å². The fraction of sp³-hybridized carbons (Fsp3) is 0.346. The third-order valence-electron chi connectivity index (χ3n) is 7.40. The molecule has 0 N–H and O–H groups in total. The third kappa shape index (κ3) is 3.61. The smallest absolute Gasteiger partial charge is 0.257 e. The maximum absolute atomic E-state index is 12.9. The van der Waals surface area contributed by atoms with Gasteiger partial charge in [-0.25, -0.2) is 8.42 Å². The van der Waals surface area contributed by atoms with E-state index >= 15 is 0 Å². The minimum absolute atomic E-state index is 0.433. The van der Waals surface area contributed by atoms with Crippen molar-refractivity contribution in [3.8, 4) is 0 Å². The summed E-state index contributed by atoms with van der Waals surface area (Å²) >= 11 is 0. The molecule has 0 atom stereocenters. The first-order valence-corrected chi connectivity index (χ1v) is 13.3. The maximum atomic E-state index is 12.9. The Balaban J connectivity index is 1.33. The van der Waals surface area contributed by atoms with Crippen molar-refractivity contribution in [3.63, 3.8) is 0 Å². The van der Waals surface area contributed by atoms with Crippen LogP contribution in [0.1, 0.15) is 37.3 Å². The summed E-state index contributed by atoms with van der Waals surface area (Å²) < 4.78 is 28.8. The second-order valence-corrected chi connectivity index (χ2v) is 12.3. The van der Waals surface area contributed by atoms with E-state index in [1.54, 1.807) is 10.6 Å². The first-order valence-electron chi connectivity index (χ1n) is 11.9. The molecule has 1 aliphatic carbocycles. The molecule has 2 aromatic heterocycles. The first kappa shape index (κ1) is 22.2. The number of sulfonamides is 1. The van der Waals surface area contributed by atoms with E-state index < -0.39 is 14.8 Å². The molecule has 0 bridgehead atoms. The van der Waals surface area contributed by atoms with E-state index in [0.717, 1.165) is 46.4 Å². The molecule has 1 aliphatic heterocycles. The van der Waals surface area contributed by atoms with E-state index in [0.29, 0.717) is 25.3 Å². The number of nitrogens with zero attached hydrogens (tertiary/aromatic N) is 6. The zero-order valence-electron chi connectivity index (χ0n) is 20.1. The number of aromatic nitrogens is 4. The van der Waals surface area contributed by atoms with Gasteiger partial charge in [0, 0.05) is 31.2 Å². The quantitative estimate of drug-likeness (QED) is 0.416. The molecule has 180 valence electrons. The summed E-state index contributed by atoms with van der Waals surface area (Å²) in [4.78, 5) is 6.88.